The zero-order chi connectivity index (χ0) is 9.35. The third-order valence-electron chi connectivity index (χ3n) is 1.05. The lowest BCUT2D eigenvalue weighted by atomic mass is 10.3. The molecule has 1 aromatic heterocycles. The van der Waals surface area contributed by atoms with E-state index in [4.69, 9.17) is 11.6 Å². The molecule has 0 saturated carbocycles. The summed E-state index contributed by atoms with van der Waals surface area (Å²) in [6.45, 7) is 0. The molecule has 0 aliphatic carbocycles. The summed E-state index contributed by atoms with van der Waals surface area (Å²) in [5.74, 6) is -1.85. The van der Waals surface area contributed by atoms with Gasteiger partial charge < -0.3 is 0 Å². The van der Waals surface area contributed by atoms with E-state index in [0.717, 1.165) is 6.07 Å². The van der Waals surface area contributed by atoms with Crippen molar-refractivity contribution in [1.82, 2.24) is 0 Å². The zero-order valence-electron chi connectivity index (χ0n) is 5.48. The third kappa shape index (κ3) is 1.98. The molecule has 12 heavy (non-hydrogen) atoms. The minimum absolute atomic E-state index is 0.169. The molecule has 0 spiro atoms. The molecular formula is C6H2ClF3OS. The summed E-state index contributed by atoms with van der Waals surface area (Å²) in [7, 11) is 0. The lowest BCUT2D eigenvalue weighted by Gasteiger charge is -2.00. The van der Waals surface area contributed by atoms with Crippen LogP contribution in [0.15, 0.2) is 12.1 Å². The van der Waals surface area contributed by atoms with E-state index in [9.17, 15) is 18.0 Å². The zero-order valence-corrected chi connectivity index (χ0v) is 7.06. The Bertz CT molecular complexity index is 304. The molecule has 0 bridgehead atoms. The summed E-state index contributed by atoms with van der Waals surface area (Å²) in [4.78, 5) is 10.1. The van der Waals surface area contributed by atoms with E-state index in [1.165, 1.54) is 6.07 Å². The molecule has 1 aromatic rings. The predicted molar refractivity (Wildman–Crippen MR) is 39.7 cm³/mol. The topological polar surface area (TPSA) is 17.1 Å². The molecule has 0 amide bonds. The first kappa shape index (κ1) is 9.54. The van der Waals surface area contributed by atoms with Gasteiger partial charge in [0.1, 0.15) is 0 Å². The van der Waals surface area contributed by atoms with Crippen LogP contribution in [0.5, 0.6) is 0 Å². The molecule has 0 unspecified atom stereocenters. The summed E-state index contributed by atoms with van der Waals surface area (Å²) in [6.07, 6.45) is -4.81. The Balaban J connectivity index is 2.93. The SMILES string of the molecule is O=C(c1ccc(Cl)s1)C(F)(F)F. The molecule has 0 aliphatic heterocycles. The van der Waals surface area contributed by atoms with Crippen LogP contribution in [0.25, 0.3) is 0 Å². The van der Waals surface area contributed by atoms with Crippen LogP contribution >= 0.6 is 22.9 Å². The van der Waals surface area contributed by atoms with E-state index >= 15 is 0 Å². The number of rotatable bonds is 1. The monoisotopic (exact) mass is 214 g/mol. The highest BCUT2D eigenvalue weighted by atomic mass is 35.5. The number of halogens is 4. The van der Waals surface area contributed by atoms with E-state index in [-0.39, 0.29) is 9.21 Å². The number of ketones is 1. The molecule has 0 N–H and O–H groups in total. The highest BCUT2D eigenvalue weighted by Crippen LogP contribution is 2.28. The van der Waals surface area contributed by atoms with Crippen molar-refractivity contribution >= 4 is 28.7 Å². The minimum atomic E-state index is -4.81. The Morgan fingerprint density at radius 1 is 1.42 bits per heavy atom. The first-order valence-electron chi connectivity index (χ1n) is 2.78. The average Bonchev–Trinajstić information content (AvgIpc) is 2.32. The van der Waals surface area contributed by atoms with Crippen LogP contribution in [0.3, 0.4) is 0 Å². The second kappa shape index (κ2) is 3.06. The van der Waals surface area contributed by atoms with Crippen LogP contribution in [0.4, 0.5) is 13.2 Å². The number of thiophene rings is 1. The summed E-state index contributed by atoms with van der Waals surface area (Å²) >= 11 is 5.97. The number of Topliss-reactive ketones (excluding diaryl/α,β-unsaturated/α-hetero) is 1. The van der Waals surface area contributed by atoms with Gasteiger partial charge in [-0.25, -0.2) is 0 Å². The minimum Gasteiger partial charge on any atom is -0.283 e. The van der Waals surface area contributed by atoms with Crippen molar-refractivity contribution in [2.24, 2.45) is 0 Å². The van der Waals surface area contributed by atoms with Gasteiger partial charge >= 0.3 is 6.18 Å². The normalized spacial score (nSPS) is 11.7. The summed E-state index contributed by atoms with van der Waals surface area (Å²) in [5.41, 5.74) is 0. The quantitative estimate of drug-likeness (QED) is 0.657. The van der Waals surface area contributed by atoms with Gasteiger partial charge in [0.2, 0.25) is 0 Å². The van der Waals surface area contributed by atoms with Gasteiger partial charge in [-0.3, -0.25) is 4.79 Å². The molecule has 66 valence electrons. The maximum absolute atomic E-state index is 11.8. The van der Waals surface area contributed by atoms with Gasteiger partial charge in [-0.2, -0.15) is 13.2 Å². The number of hydrogen-bond donors (Lipinski definition) is 0. The van der Waals surface area contributed by atoms with Gasteiger partial charge in [-0.15, -0.1) is 11.3 Å². The Morgan fingerprint density at radius 2 is 2.00 bits per heavy atom. The lowest BCUT2D eigenvalue weighted by molar-refractivity contribution is -0.0882. The molecule has 6 heteroatoms. The van der Waals surface area contributed by atoms with Gasteiger partial charge in [0.15, 0.2) is 0 Å². The van der Waals surface area contributed by atoms with Gasteiger partial charge in [0.05, 0.1) is 9.21 Å². The Morgan fingerprint density at radius 3 is 2.33 bits per heavy atom. The first-order chi connectivity index (χ1) is 5.41. The fourth-order valence-corrected chi connectivity index (χ4v) is 1.58. The third-order valence-corrected chi connectivity index (χ3v) is 2.28. The maximum atomic E-state index is 11.8. The van der Waals surface area contributed by atoms with Crippen molar-refractivity contribution in [2.45, 2.75) is 6.18 Å². The van der Waals surface area contributed by atoms with E-state index in [1.807, 2.05) is 0 Å². The fraction of sp³-hybridized carbons (Fsp3) is 0.167. The van der Waals surface area contributed by atoms with E-state index < -0.39 is 12.0 Å². The number of hydrogen-bond acceptors (Lipinski definition) is 2. The van der Waals surface area contributed by atoms with Crippen LogP contribution in [0.2, 0.25) is 4.34 Å². The van der Waals surface area contributed by atoms with Crippen molar-refractivity contribution in [3.63, 3.8) is 0 Å². The van der Waals surface area contributed by atoms with E-state index in [2.05, 4.69) is 0 Å². The summed E-state index contributed by atoms with van der Waals surface area (Å²) in [5, 5.41) is 0. The lowest BCUT2D eigenvalue weighted by Crippen LogP contribution is -2.21. The molecule has 0 aromatic carbocycles. The summed E-state index contributed by atoms with van der Waals surface area (Å²) in [6, 6.07) is 2.31. The number of carbonyl (C=O) groups excluding carboxylic acids is 1. The smallest absolute Gasteiger partial charge is 0.283 e. The molecular weight excluding hydrogens is 213 g/mol. The summed E-state index contributed by atoms with van der Waals surface area (Å²) < 4.78 is 35.4. The van der Waals surface area contributed by atoms with Gasteiger partial charge in [0, 0.05) is 0 Å². The second-order valence-corrected chi connectivity index (χ2v) is 3.65. The van der Waals surface area contributed by atoms with E-state index in [1.54, 1.807) is 0 Å². The van der Waals surface area contributed by atoms with Crippen molar-refractivity contribution in [3.05, 3.63) is 21.3 Å². The predicted octanol–water partition coefficient (Wildman–Crippen LogP) is 3.15. The van der Waals surface area contributed by atoms with E-state index in [0.29, 0.717) is 11.3 Å². The number of alkyl halides is 3. The largest absolute Gasteiger partial charge is 0.455 e. The Labute approximate surface area is 74.8 Å². The van der Waals surface area contributed by atoms with Crippen LogP contribution in [0, 0.1) is 0 Å². The highest BCUT2D eigenvalue weighted by Gasteiger charge is 2.40. The van der Waals surface area contributed by atoms with Gasteiger partial charge in [0.25, 0.3) is 5.78 Å². The standard InChI is InChI=1S/C6H2ClF3OS/c7-4-2-1-3(12-4)5(11)6(8,9)10/h1-2H. The molecule has 0 fully saturated rings. The van der Waals surface area contributed by atoms with Crippen LogP contribution in [-0.4, -0.2) is 12.0 Å². The van der Waals surface area contributed by atoms with Crippen molar-refractivity contribution in [1.29, 1.82) is 0 Å². The average molecular weight is 215 g/mol. The Kier molecular flexibility index (Phi) is 2.44. The van der Waals surface area contributed by atoms with Crippen LogP contribution in [0.1, 0.15) is 9.67 Å². The molecule has 0 atom stereocenters. The highest BCUT2D eigenvalue weighted by molar-refractivity contribution is 7.18. The molecule has 0 radical (unpaired) electrons. The van der Waals surface area contributed by atoms with Crippen molar-refractivity contribution in [2.75, 3.05) is 0 Å². The molecule has 1 nitrogen and oxygen atoms in total. The molecule has 1 heterocycles. The number of carbonyl (C=O) groups is 1. The maximum Gasteiger partial charge on any atom is 0.455 e. The molecule has 0 saturated heterocycles. The first-order valence-corrected chi connectivity index (χ1v) is 3.97. The second-order valence-electron chi connectivity index (χ2n) is 1.93. The van der Waals surface area contributed by atoms with Gasteiger partial charge in [-0.05, 0) is 12.1 Å². The fourth-order valence-electron chi connectivity index (χ4n) is 0.576. The van der Waals surface area contributed by atoms with Crippen molar-refractivity contribution in [3.8, 4) is 0 Å². The van der Waals surface area contributed by atoms with Crippen LogP contribution in [-0.2, 0) is 0 Å². The molecule has 1 rings (SSSR count). The van der Waals surface area contributed by atoms with Gasteiger partial charge in [-0.1, -0.05) is 11.6 Å². The van der Waals surface area contributed by atoms with Crippen molar-refractivity contribution < 1.29 is 18.0 Å². The van der Waals surface area contributed by atoms with Crippen LogP contribution < -0.4 is 0 Å². The molecule has 0 aliphatic rings. The Hall–Kier alpha value is -0.550.